The van der Waals surface area contributed by atoms with Crippen molar-refractivity contribution in [1.82, 2.24) is 5.32 Å². The highest BCUT2D eigenvalue weighted by atomic mass is 79.9. The van der Waals surface area contributed by atoms with Gasteiger partial charge < -0.3 is 11.1 Å². The van der Waals surface area contributed by atoms with Crippen LogP contribution in [0.2, 0.25) is 0 Å². The summed E-state index contributed by atoms with van der Waals surface area (Å²) in [7, 11) is 0. The Morgan fingerprint density at radius 2 is 1.95 bits per heavy atom. The van der Waals surface area contributed by atoms with Gasteiger partial charge in [-0.2, -0.15) is 0 Å². The number of carbonyl (C=O) groups excluding carboxylic acids is 1. The van der Waals surface area contributed by atoms with E-state index in [0.717, 1.165) is 18.9 Å². The lowest BCUT2D eigenvalue weighted by Crippen LogP contribution is -2.25. The van der Waals surface area contributed by atoms with Gasteiger partial charge in [-0.1, -0.05) is 45.6 Å². The summed E-state index contributed by atoms with van der Waals surface area (Å²) in [5.41, 5.74) is 6.96. The zero-order valence-corrected chi connectivity index (χ0v) is 14.0. The predicted octanol–water partition coefficient (Wildman–Crippen LogP) is 4.37. The van der Waals surface area contributed by atoms with E-state index in [1.807, 2.05) is 0 Å². The quantitative estimate of drug-likeness (QED) is 0.545. The van der Waals surface area contributed by atoms with E-state index >= 15 is 0 Å². The molecule has 112 valence electrons. The zero-order chi connectivity index (χ0) is 15.0. The van der Waals surface area contributed by atoms with E-state index in [9.17, 15) is 4.79 Å². The van der Waals surface area contributed by atoms with Crippen LogP contribution in [0.1, 0.15) is 56.3 Å². The standard InChI is InChI=1S/C16H25BrN2O/c1-12(2)8-5-3-4-6-11-19-16(20)13-9-7-10-14(18)15(13)17/h7,9-10,12H,3-6,8,11,18H2,1-2H3,(H,19,20). The average molecular weight is 341 g/mol. The number of carbonyl (C=O) groups is 1. The van der Waals surface area contributed by atoms with Gasteiger partial charge in [0.1, 0.15) is 0 Å². The number of nitrogen functional groups attached to an aromatic ring is 1. The molecule has 0 radical (unpaired) electrons. The molecule has 3 nitrogen and oxygen atoms in total. The molecule has 0 fully saturated rings. The fourth-order valence-corrected chi connectivity index (χ4v) is 2.50. The zero-order valence-electron chi connectivity index (χ0n) is 12.4. The number of hydrogen-bond acceptors (Lipinski definition) is 2. The van der Waals surface area contributed by atoms with Gasteiger partial charge in [-0.05, 0) is 40.4 Å². The number of amides is 1. The topological polar surface area (TPSA) is 55.1 Å². The molecule has 0 spiro atoms. The summed E-state index contributed by atoms with van der Waals surface area (Å²) in [5, 5.41) is 2.94. The van der Waals surface area contributed by atoms with Crippen LogP contribution >= 0.6 is 15.9 Å². The molecule has 0 unspecified atom stereocenters. The minimum Gasteiger partial charge on any atom is -0.398 e. The Labute approximate surface area is 130 Å². The van der Waals surface area contributed by atoms with Gasteiger partial charge in [0.25, 0.3) is 5.91 Å². The third kappa shape index (κ3) is 5.95. The van der Waals surface area contributed by atoms with Crippen LogP contribution in [0.5, 0.6) is 0 Å². The highest BCUT2D eigenvalue weighted by Gasteiger charge is 2.10. The molecule has 1 aromatic rings. The van der Waals surface area contributed by atoms with Crippen molar-refractivity contribution in [1.29, 1.82) is 0 Å². The fraction of sp³-hybridized carbons (Fsp3) is 0.562. The van der Waals surface area contributed by atoms with Crippen LogP contribution in [0.3, 0.4) is 0 Å². The van der Waals surface area contributed by atoms with Crippen molar-refractivity contribution in [3.63, 3.8) is 0 Å². The molecular formula is C16H25BrN2O. The van der Waals surface area contributed by atoms with Gasteiger partial charge in [-0.15, -0.1) is 0 Å². The van der Waals surface area contributed by atoms with Crippen molar-refractivity contribution in [2.75, 3.05) is 12.3 Å². The van der Waals surface area contributed by atoms with Gasteiger partial charge in [0, 0.05) is 12.2 Å². The summed E-state index contributed by atoms with van der Waals surface area (Å²) in [6, 6.07) is 5.34. The molecule has 0 saturated carbocycles. The SMILES string of the molecule is CC(C)CCCCCCNC(=O)c1cccc(N)c1Br. The Kier molecular flexibility index (Phi) is 7.67. The molecule has 0 heterocycles. The first-order valence-corrected chi connectivity index (χ1v) is 8.14. The minimum absolute atomic E-state index is 0.0636. The summed E-state index contributed by atoms with van der Waals surface area (Å²) in [5.74, 6) is 0.724. The summed E-state index contributed by atoms with van der Waals surface area (Å²) < 4.78 is 0.675. The van der Waals surface area contributed by atoms with Gasteiger partial charge in [0.05, 0.1) is 10.0 Å². The fourth-order valence-electron chi connectivity index (χ4n) is 2.05. The van der Waals surface area contributed by atoms with Gasteiger partial charge in [-0.25, -0.2) is 0 Å². The van der Waals surface area contributed by atoms with Gasteiger partial charge in [0.15, 0.2) is 0 Å². The lowest BCUT2D eigenvalue weighted by Gasteiger charge is -2.08. The Bertz CT molecular complexity index is 432. The molecule has 0 aliphatic heterocycles. The number of halogens is 1. The maximum Gasteiger partial charge on any atom is 0.252 e. The monoisotopic (exact) mass is 340 g/mol. The Morgan fingerprint density at radius 1 is 1.25 bits per heavy atom. The number of unbranched alkanes of at least 4 members (excludes halogenated alkanes) is 3. The smallest absolute Gasteiger partial charge is 0.252 e. The molecular weight excluding hydrogens is 316 g/mol. The number of hydrogen-bond donors (Lipinski definition) is 2. The molecule has 20 heavy (non-hydrogen) atoms. The highest BCUT2D eigenvalue weighted by molar-refractivity contribution is 9.10. The molecule has 0 aliphatic carbocycles. The van der Waals surface area contributed by atoms with Crippen LogP contribution in [-0.4, -0.2) is 12.5 Å². The Morgan fingerprint density at radius 3 is 2.65 bits per heavy atom. The second kappa shape index (κ2) is 9.01. The molecule has 1 rings (SSSR count). The van der Waals surface area contributed by atoms with Crippen molar-refractivity contribution in [3.05, 3.63) is 28.2 Å². The molecule has 0 saturated heterocycles. The lowest BCUT2D eigenvalue weighted by molar-refractivity contribution is 0.0952. The van der Waals surface area contributed by atoms with Crippen LogP contribution in [0.25, 0.3) is 0 Å². The van der Waals surface area contributed by atoms with Gasteiger partial charge >= 0.3 is 0 Å². The van der Waals surface area contributed by atoms with E-state index in [2.05, 4.69) is 35.1 Å². The summed E-state index contributed by atoms with van der Waals surface area (Å²) >= 11 is 3.35. The number of nitrogens with one attached hydrogen (secondary N) is 1. The summed E-state index contributed by atoms with van der Waals surface area (Å²) in [6.45, 7) is 5.23. The van der Waals surface area contributed by atoms with Crippen molar-refractivity contribution in [3.8, 4) is 0 Å². The predicted molar refractivity (Wildman–Crippen MR) is 88.8 cm³/mol. The van der Waals surface area contributed by atoms with Gasteiger partial charge in [0.2, 0.25) is 0 Å². The molecule has 4 heteroatoms. The second-order valence-electron chi connectivity index (χ2n) is 5.56. The lowest BCUT2D eigenvalue weighted by atomic mass is 10.0. The maximum atomic E-state index is 12.0. The highest BCUT2D eigenvalue weighted by Crippen LogP contribution is 2.23. The molecule has 0 atom stereocenters. The molecule has 1 aromatic carbocycles. The largest absolute Gasteiger partial charge is 0.398 e. The average Bonchev–Trinajstić information content (AvgIpc) is 2.40. The van der Waals surface area contributed by atoms with Crippen molar-refractivity contribution in [2.45, 2.75) is 46.0 Å². The third-order valence-corrected chi connectivity index (χ3v) is 4.15. The van der Waals surface area contributed by atoms with E-state index in [-0.39, 0.29) is 5.91 Å². The van der Waals surface area contributed by atoms with Crippen LogP contribution in [0, 0.1) is 5.92 Å². The molecule has 3 N–H and O–H groups in total. The van der Waals surface area contributed by atoms with Gasteiger partial charge in [-0.3, -0.25) is 4.79 Å². The van der Waals surface area contributed by atoms with E-state index in [1.165, 1.54) is 25.7 Å². The number of benzene rings is 1. The Hall–Kier alpha value is -1.03. The van der Waals surface area contributed by atoms with E-state index in [1.54, 1.807) is 18.2 Å². The summed E-state index contributed by atoms with van der Waals surface area (Å²) in [4.78, 5) is 12.0. The molecule has 0 aromatic heterocycles. The Balaban J connectivity index is 2.22. The van der Waals surface area contributed by atoms with Crippen molar-refractivity contribution < 1.29 is 4.79 Å². The molecule has 0 aliphatic rings. The van der Waals surface area contributed by atoms with Crippen LogP contribution in [-0.2, 0) is 0 Å². The van der Waals surface area contributed by atoms with E-state index in [0.29, 0.717) is 15.7 Å². The van der Waals surface area contributed by atoms with E-state index in [4.69, 9.17) is 5.73 Å². The van der Waals surface area contributed by atoms with Crippen molar-refractivity contribution >= 4 is 27.5 Å². The first-order chi connectivity index (χ1) is 9.52. The van der Waals surface area contributed by atoms with Crippen LogP contribution in [0.4, 0.5) is 5.69 Å². The van der Waals surface area contributed by atoms with E-state index < -0.39 is 0 Å². The maximum absolute atomic E-state index is 12.0. The van der Waals surface area contributed by atoms with Crippen molar-refractivity contribution in [2.24, 2.45) is 5.92 Å². The number of nitrogens with two attached hydrogens (primary N) is 1. The summed E-state index contributed by atoms with van der Waals surface area (Å²) in [6.07, 6.45) is 6.03. The number of rotatable bonds is 8. The number of anilines is 1. The first-order valence-electron chi connectivity index (χ1n) is 7.34. The normalized spacial score (nSPS) is 10.8. The molecule has 0 bridgehead atoms. The minimum atomic E-state index is -0.0636. The second-order valence-corrected chi connectivity index (χ2v) is 6.35. The van der Waals surface area contributed by atoms with Crippen LogP contribution < -0.4 is 11.1 Å². The first kappa shape index (κ1) is 17.0. The molecule has 1 amide bonds. The third-order valence-electron chi connectivity index (χ3n) is 3.27. The van der Waals surface area contributed by atoms with Crippen LogP contribution in [0.15, 0.2) is 22.7 Å².